The van der Waals surface area contributed by atoms with E-state index in [1.807, 2.05) is 24.3 Å². The largest absolute Gasteiger partial charge is 0.489 e. The molecule has 0 N–H and O–H groups in total. The van der Waals surface area contributed by atoms with E-state index in [0.717, 1.165) is 17.7 Å². The molecule has 0 saturated carbocycles. The van der Waals surface area contributed by atoms with E-state index >= 15 is 0 Å². The van der Waals surface area contributed by atoms with Crippen LogP contribution in [0.3, 0.4) is 0 Å². The van der Waals surface area contributed by atoms with Crippen LogP contribution < -0.4 is 10.2 Å². The van der Waals surface area contributed by atoms with Gasteiger partial charge in [-0.1, -0.05) is 81.1 Å². The molecule has 0 fully saturated rings. The third kappa shape index (κ3) is 14.5. The number of rotatable bonds is 19. The lowest BCUT2D eigenvalue weighted by molar-refractivity contribution is -0.140. The van der Waals surface area contributed by atoms with Crippen molar-refractivity contribution in [3.05, 3.63) is 59.7 Å². The van der Waals surface area contributed by atoms with Gasteiger partial charge in [0.2, 0.25) is 10.0 Å². The van der Waals surface area contributed by atoms with E-state index in [0.29, 0.717) is 36.6 Å². The summed E-state index contributed by atoms with van der Waals surface area (Å²) in [5.41, 5.74) is 2.29. The Morgan fingerprint density at radius 2 is 1.48 bits per heavy atom. The zero-order chi connectivity index (χ0) is 31.4. The van der Waals surface area contributed by atoms with Crippen LogP contribution in [0.25, 0.3) is 0 Å². The van der Waals surface area contributed by atoms with Crippen LogP contribution in [0.5, 0.6) is 5.75 Å². The molecule has 2 aromatic rings. The van der Waals surface area contributed by atoms with Gasteiger partial charge in [-0.2, -0.15) is 4.31 Å². The van der Waals surface area contributed by atoms with E-state index in [1.165, 1.54) is 11.4 Å². The molecule has 0 aliphatic rings. The smallest absolute Gasteiger partial charge is 0.306 e. The minimum absolute atomic E-state index is 0.0833. The Bertz CT molecular complexity index is 1190. The van der Waals surface area contributed by atoms with Crippen LogP contribution in [-0.2, 0) is 35.6 Å². The van der Waals surface area contributed by atoms with Gasteiger partial charge in [0.25, 0.3) is 0 Å². The molecule has 2 rings (SSSR count). The Morgan fingerprint density at radius 1 is 0.905 bits per heavy atom. The summed E-state index contributed by atoms with van der Waals surface area (Å²) in [5.74, 6) is -0.784. The maximum absolute atomic E-state index is 13.7. The van der Waals surface area contributed by atoms with Crippen molar-refractivity contribution in [3.8, 4) is 5.75 Å². The SMILES string of the molecule is [B]c1cccc(COc2ccc(C(CC(=O)OC)CS(=O)(=O)N(COCC[Si](C)(C)C)COCC[Si](C)(C)C)cc2)c1. The van der Waals surface area contributed by atoms with Gasteiger partial charge in [0.05, 0.1) is 19.3 Å². The van der Waals surface area contributed by atoms with Crippen molar-refractivity contribution >= 4 is 45.4 Å². The van der Waals surface area contributed by atoms with Gasteiger partial charge < -0.3 is 18.9 Å². The average molecular weight is 634 g/mol. The molecule has 12 heteroatoms. The van der Waals surface area contributed by atoms with E-state index in [4.69, 9.17) is 26.8 Å². The number of nitrogens with zero attached hydrogens (tertiary/aromatic N) is 1. The van der Waals surface area contributed by atoms with E-state index in [1.54, 1.807) is 24.3 Å². The summed E-state index contributed by atoms with van der Waals surface area (Å²) in [6.45, 7) is 14.6. The molecule has 1 unspecified atom stereocenters. The van der Waals surface area contributed by atoms with Crippen molar-refractivity contribution in [2.24, 2.45) is 0 Å². The van der Waals surface area contributed by atoms with Crippen LogP contribution >= 0.6 is 0 Å². The number of methoxy groups -OCH3 is 1. The first-order valence-electron chi connectivity index (χ1n) is 14.4. The lowest BCUT2D eigenvalue weighted by Gasteiger charge is -2.26. The molecular weight excluding hydrogens is 585 g/mol. The van der Waals surface area contributed by atoms with Crippen molar-refractivity contribution in [2.45, 2.75) is 70.3 Å². The highest BCUT2D eigenvalue weighted by molar-refractivity contribution is 7.89. The zero-order valence-electron chi connectivity index (χ0n) is 26.4. The Balaban J connectivity index is 2.17. The van der Waals surface area contributed by atoms with Crippen LogP contribution in [0, 0.1) is 0 Å². The van der Waals surface area contributed by atoms with Crippen molar-refractivity contribution in [3.63, 3.8) is 0 Å². The molecule has 0 saturated heterocycles. The second kappa shape index (κ2) is 16.8. The molecule has 2 aromatic carbocycles. The fourth-order valence-corrected chi connectivity index (χ4v) is 6.90. The predicted octanol–water partition coefficient (Wildman–Crippen LogP) is 4.96. The lowest BCUT2D eigenvalue weighted by Crippen LogP contribution is -2.39. The molecule has 0 aliphatic heterocycles. The number of esters is 1. The topological polar surface area (TPSA) is 91.4 Å². The maximum Gasteiger partial charge on any atom is 0.306 e. The second-order valence-corrected chi connectivity index (χ2v) is 26.3. The fourth-order valence-electron chi connectivity index (χ4n) is 3.89. The van der Waals surface area contributed by atoms with Crippen molar-refractivity contribution in [1.29, 1.82) is 0 Å². The molecule has 0 aromatic heterocycles. The van der Waals surface area contributed by atoms with Crippen LogP contribution in [0.2, 0.25) is 51.4 Å². The third-order valence-electron chi connectivity index (χ3n) is 6.62. The summed E-state index contributed by atoms with van der Waals surface area (Å²) in [7, 11) is 0.605. The molecular formula is C30H48BNO7SSi2. The number of benzene rings is 2. The van der Waals surface area contributed by atoms with E-state index < -0.39 is 38.1 Å². The highest BCUT2D eigenvalue weighted by Crippen LogP contribution is 2.26. The van der Waals surface area contributed by atoms with Crippen molar-refractivity contribution in [1.82, 2.24) is 4.31 Å². The summed E-state index contributed by atoms with van der Waals surface area (Å²) in [6.07, 6.45) is -0.0833. The molecule has 0 amide bonds. The van der Waals surface area contributed by atoms with Gasteiger partial charge >= 0.3 is 5.97 Å². The van der Waals surface area contributed by atoms with Gasteiger partial charge in [-0.25, -0.2) is 8.42 Å². The molecule has 0 bridgehead atoms. The van der Waals surface area contributed by atoms with Gasteiger partial charge in [0.1, 0.15) is 33.7 Å². The minimum atomic E-state index is -3.86. The Labute approximate surface area is 256 Å². The molecule has 0 aliphatic carbocycles. The first-order valence-corrected chi connectivity index (χ1v) is 23.4. The van der Waals surface area contributed by atoms with Gasteiger partial charge in [0, 0.05) is 35.3 Å². The Morgan fingerprint density at radius 3 is 1.98 bits per heavy atom. The van der Waals surface area contributed by atoms with Gasteiger partial charge in [-0.05, 0) is 35.3 Å². The van der Waals surface area contributed by atoms with E-state index in [9.17, 15) is 13.2 Å². The predicted molar refractivity (Wildman–Crippen MR) is 176 cm³/mol. The first-order chi connectivity index (χ1) is 19.6. The number of sulfonamides is 1. The monoisotopic (exact) mass is 633 g/mol. The Kier molecular flexibility index (Phi) is 14.5. The second-order valence-electron chi connectivity index (χ2n) is 13.0. The fraction of sp³-hybridized carbons (Fsp3) is 0.567. The average Bonchev–Trinajstić information content (AvgIpc) is 2.89. The number of hydrogen-bond donors (Lipinski definition) is 0. The molecule has 1 atom stereocenters. The summed E-state index contributed by atoms with van der Waals surface area (Å²) in [4.78, 5) is 12.3. The summed E-state index contributed by atoms with van der Waals surface area (Å²) >= 11 is 0. The quantitative estimate of drug-likeness (QED) is 0.0935. The maximum atomic E-state index is 13.7. The molecule has 8 nitrogen and oxygen atoms in total. The summed E-state index contributed by atoms with van der Waals surface area (Å²) in [6, 6.07) is 16.4. The third-order valence-corrected chi connectivity index (χ3v) is 11.8. The van der Waals surface area contributed by atoms with Crippen LogP contribution in [0.4, 0.5) is 0 Å². The normalized spacial score (nSPS) is 13.2. The molecule has 42 heavy (non-hydrogen) atoms. The molecule has 0 spiro atoms. The van der Waals surface area contributed by atoms with Crippen LogP contribution in [-0.4, -0.2) is 82.2 Å². The van der Waals surface area contributed by atoms with Crippen LogP contribution in [0.15, 0.2) is 48.5 Å². The van der Waals surface area contributed by atoms with E-state index in [-0.39, 0.29) is 25.6 Å². The van der Waals surface area contributed by atoms with Gasteiger partial charge in [-0.15, -0.1) is 0 Å². The zero-order valence-corrected chi connectivity index (χ0v) is 29.2. The summed E-state index contributed by atoms with van der Waals surface area (Å²) in [5, 5.41) is 0. The first kappa shape index (κ1) is 36.2. The standard InChI is InChI=1S/C30H48BNO7SSi2/c1-36-30(33)20-27(26-11-13-29(14-12-26)39-21-25-9-8-10-28(31)19-25)22-40(34,35)32(23-37-15-17-41(2,3)4)24-38-16-18-42(5,6)7/h8-14,19,27H,15-18,20-24H2,1-7H3. The Hall–Kier alpha value is -1.96. The highest BCUT2D eigenvalue weighted by atomic mass is 32.2. The van der Waals surface area contributed by atoms with Gasteiger partial charge in [0.15, 0.2) is 0 Å². The number of hydrogen-bond acceptors (Lipinski definition) is 7. The van der Waals surface area contributed by atoms with Crippen molar-refractivity contribution in [2.75, 3.05) is 39.5 Å². The van der Waals surface area contributed by atoms with Gasteiger partial charge in [-0.3, -0.25) is 4.79 Å². The lowest BCUT2D eigenvalue weighted by atomic mass is 9.95. The number of carbonyl (C=O) groups is 1. The summed E-state index contributed by atoms with van der Waals surface area (Å²) < 4.78 is 51.1. The van der Waals surface area contributed by atoms with E-state index in [2.05, 4.69) is 39.3 Å². The molecule has 0 heterocycles. The minimum Gasteiger partial charge on any atom is -0.489 e. The number of ether oxygens (including phenoxy) is 4. The van der Waals surface area contributed by atoms with Crippen molar-refractivity contribution < 1.29 is 32.2 Å². The van der Waals surface area contributed by atoms with Crippen LogP contribution in [0.1, 0.15) is 23.5 Å². The number of carbonyl (C=O) groups excluding carboxylic acids is 1. The highest BCUT2D eigenvalue weighted by Gasteiger charge is 2.30. The molecule has 232 valence electrons. The molecule has 2 radical (unpaired) electrons.